The van der Waals surface area contributed by atoms with E-state index < -0.39 is 40.6 Å². The first-order valence-electron chi connectivity index (χ1n) is 7.02. The van der Waals surface area contributed by atoms with Crippen molar-refractivity contribution in [3.63, 3.8) is 0 Å². The molecule has 0 spiro atoms. The summed E-state index contributed by atoms with van der Waals surface area (Å²) in [6.45, 7) is 1.90. The summed E-state index contributed by atoms with van der Waals surface area (Å²) < 4.78 is 0. The van der Waals surface area contributed by atoms with Crippen LogP contribution in [0.4, 0.5) is 5.69 Å². The minimum Gasteiger partial charge on any atom is -0.373 e. The van der Waals surface area contributed by atoms with Crippen LogP contribution in [-0.2, 0) is 4.79 Å². The van der Waals surface area contributed by atoms with Crippen LogP contribution in [0.1, 0.15) is 34.1 Å². The predicted molar refractivity (Wildman–Crippen MR) is 75.4 cm³/mol. The van der Waals surface area contributed by atoms with E-state index in [1.54, 1.807) is 6.92 Å². The first-order valence-corrected chi connectivity index (χ1v) is 7.02. The summed E-state index contributed by atoms with van der Waals surface area (Å²) in [6, 6.07) is 2.62. The van der Waals surface area contributed by atoms with Crippen LogP contribution < -0.4 is 0 Å². The van der Waals surface area contributed by atoms with Crippen molar-refractivity contribution in [1.29, 1.82) is 0 Å². The zero-order valence-electron chi connectivity index (χ0n) is 12.1. The van der Waals surface area contributed by atoms with Crippen LogP contribution in [0.25, 0.3) is 0 Å². The minimum absolute atomic E-state index is 0.0959. The molecule has 9 nitrogen and oxygen atoms in total. The standard InChI is InChI=1S/C14H13N3O6/c1-2-15-10(18)6-9(13(15)20)16-12(19)7-4-3-5-8(17(22)23)11(7)14(16)21/h3-5,9-10,18H,2,6H2,1H3. The van der Waals surface area contributed by atoms with Gasteiger partial charge >= 0.3 is 0 Å². The van der Waals surface area contributed by atoms with Gasteiger partial charge in [-0.05, 0) is 13.0 Å². The number of nitro groups is 1. The second-order valence-corrected chi connectivity index (χ2v) is 5.29. The van der Waals surface area contributed by atoms with Crippen molar-refractivity contribution in [3.8, 4) is 0 Å². The molecule has 23 heavy (non-hydrogen) atoms. The highest BCUT2D eigenvalue weighted by molar-refractivity contribution is 6.24. The molecule has 0 aromatic heterocycles. The Bertz CT molecular complexity index is 746. The first-order chi connectivity index (χ1) is 10.9. The molecule has 3 rings (SSSR count). The van der Waals surface area contributed by atoms with Crippen LogP contribution in [0.2, 0.25) is 0 Å². The number of fused-ring (bicyclic) bond motifs is 1. The molecule has 0 radical (unpaired) electrons. The Labute approximate surface area is 130 Å². The van der Waals surface area contributed by atoms with Gasteiger partial charge in [-0.2, -0.15) is 0 Å². The molecule has 1 aromatic rings. The summed E-state index contributed by atoms with van der Waals surface area (Å²) in [4.78, 5) is 49.4. The highest BCUT2D eigenvalue weighted by Gasteiger charge is 2.51. The van der Waals surface area contributed by atoms with Gasteiger partial charge in [-0.15, -0.1) is 0 Å². The van der Waals surface area contributed by atoms with Crippen molar-refractivity contribution in [3.05, 3.63) is 39.4 Å². The Morgan fingerprint density at radius 2 is 2.00 bits per heavy atom. The Hall–Kier alpha value is -2.81. The molecule has 2 heterocycles. The Balaban J connectivity index is 2.04. The molecule has 1 aromatic carbocycles. The quantitative estimate of drug-likeness (QED) is 0.480. The van der Waals surface area contributed by atoms with Gasteiger partial charge < -0.3 is 10.0 Å². The van der Waals surface area contributed by atoms with E-state index in [2.05, 4.69) is 0 Å². The van der Waals surface area contributed by atoms with Gasteiger partial charge in [0, 0.05) is 19.0 Å². The average molecular weight is 319 g/mol. The number of aliphatic hydroxyl groups excluding tert-OH is 1. The monoisotopic (exact) mass is 319 g/mol. The van der Waals surface area contributed by atoms with E-state index in [4.69, 9.17) is 0 Å². The molecule has 3 amide bonds. The molecule has 0 bridgehead atoms. The van der Waals surface area contributed by atoms with Gasteiger partial charge in [0.1, 0.15) is 17.8 Å². The largest absolute Gasteiger partial charge is 0.373 e. The van der Waals surface area contributed by atoms with Gasteiger partial charge in [0.25, 0.3) is 17.5 Å². The first kappa shape index (κ1) is 15.1. The lowest BCUT2D eigenvalue weighted by atomic mass is 10.1. The molecule has 1 fully saturated rings. The predicted octanol–water partition coefficient (Wildman–Crippen LogP) is 0.130. The van der Waals surface area contributed by atoms with E-state index in [9.17, 15) is 29.6 Å². The highest BCUT2D eigenvalue weighted by atomic mass is 16.6. The number of hydrogen-bond donors (Lipinski definition) is 1. The maximum Gasteiger partial charge on any atom is 0.282 e. The molecule has 9 heteroatoms. The van der Waals surface area contributed by atoms with Crippen molar-refractivity contribution in [1.82, 2.24) is 9.80 Å². The van der Waals surface area contributed by atoms with E-state index in [1.807, 2.05) is 0 Å². The molecule has 1 N–H and O–H groups in total. The summed E-state index contributed by atoms with van der Waals surface area (Å²) in [5, 5.41) is 20.9. The number of nitrogens with zero attached hydrogens (tertiary/aromatic N) is 3. The van der Waals surface area contributed by atoms with Crippen molar-refractivity contribution in [2.24, 2.45) is 0 Å². The van der Waals surface area contributed by atoms with Crippen LogP contribution >= 0.6 is 0 Å². The molecule has 2 aliphatic rings. The van der Waals surface area contributed by atoms with Crippen molar-refractivity contribution >= 4 is 23.4 Å². The lowest BCUT2D eigenvalue weighted by molar-refractivity contribution is -0.385. The summed E-state index contributed by atoms with van der Waals surface area (Å²) in [6.07, 6.45) is -1.19. The number of amides is 3. The van der Waals surface area contributed by atoms with Gasteiger partial charge in [0.2, 0.25) is 5.91 Å². The number of likely N-dealkylation sites (tertiary alicyclic amines) is 1. The molecular weight excluding hydrogens is 306 g/mol. The van der Waals surface area contributed by atoms with Gasteiger partial charge in [-0.3, -0.25) is 29.4 Å². The number of imide groups is 1. The average Bonchev–Trinajstić information content (AvgIpc) is 2.93. The molecule has 0 saturated carbocycles. The number of carbonyl (C=O) groups is 3. The van der Waals surface area contributed by atoms with E-state index >= 15 is 0 Å². The fraction of sp³-hybridized carbons (Fsp3) is 0.357. The zero-order chi connectivity index (χ0) is 16.9. The molecule has 2 unspecified atom stereocenters. The summed E-state index contributed by atoms with van der Waals surface area (Å²) in [5.74, 6) is -2.17. The number of aliphatic hydroxyl groups is 1. The van der Waals surface area contributed by atoms with Gasteiger partial charge in [-0.1, -0.05) is 6.07 Å². The summed E-state index contributed by atoms with van der Waals surface area (Å²) in [5.41, 5.74) is -0.872. The molecule has 1 saturated heterocycles. The highest BCUT2D eigenvalue weighted by Crippen LogP contribution is 2.34. The maximum absolute atomic E-state index is 12.5. The van der Waals surface area contributed by atoms with E-state index in [0.29, 0.717) is 0 Å². The van der Waals surface area contributed by atoms with Gasteiger partial charge in [0.15, 0.2) is 0 Å². The van der Waals surface area contributed by atoms with E-state index in [-0.39, 0.29) is 24.1 Å². The number of carbonyl (C=O) groups excluding carboxylic acids is 3. The third-order valence-corrected chi connectivity index (χ3v) is 4.14. The Morgan fingerprint density at radius 1 is 1.30 bits per heavy atom. The maximum atomic E-state index is 12.5. The number of likely N-dealkylation sites (N-methyl/N-ethyl adjacent to an activating group) is 1. The van der Waals surface area contributed by atoms with Crippen LogP contribution in [0.15, 0.2) is 18.2 Å². The minimum atomic E-state index is -1.14. The molecule has 0 aliphatic carbocycles. The lowest BCUT2D eigenvalue weighted by Crippen LogP contribution is -2.45. The number of hydrogen-bond acceptors (Lipinski definition) is 6. The van der Waals surface area contributed by atoms with E-state index in [0.717, 1.165) is 15.9 Å². The van der Waals surface area contributed by atoms with Gasteiger partial charge in [0.05, 0.1) is 10.5 Å². The van der Waals surface area contributed by atoms with Crippen molar-refractivity contribution < 1.29 is 24.4 Å². The van der Waals surface area contributed by atoms with Crippen LogP contribution in [0, 0.1) is 10.1 Å². The summed E-state index contributed by atoms with van der Waals surface area (Å²) in [7, 11) is 0. The topological polar surface area (TPSA) is 121 Å². The second-order valence-electron chi connectivity index (χ2n) is 5.29. The molecule has 2 atom stereocenters. The Kier molecular flexibility index (Phi) is 3.37. The Morgan fingerprint density at radius 3 is 2.57 bits per heavy atom. The normalized spacial score (nSPS) is 23.7. The lowest BCUT2D eigenvalue weighted by Gasteiger charge is -2.21. The molecular formula is C14H13N3O6. The molecule has 2 aliphatic heterocycles. The zero-order valence-corrected chi connectivity index (χ0v) is 12.1. The van der Waals surface area contributed by atoms with Crippen molar-refractivity contribution in [2.75, 3.05) is 6.54 Å². The number of benzene rings is 1. The SMILES string of the molecule is CCN1C(=O)C(N2C(=O)c3cccc([N+](=O)[O-])c3C2=O)CC1O. The smallest absolute Gasteiger partial charge is 0.282 e. The van der Waals surface area contributed by atoms with Gasteiger partial charge in [-0.25, -0.2) is 0 Å². The summed E-state index contributed by atoms with van der Waals surface area (Å²) >= 11 is 0. The number of rotatable bonds is 3. The number of nitro benzene ring substituents is 1. The van der Waals surface area contributed by atoms with Crippen LogP contribution in [0.5, 0.6) is 0 Å². The fourth-order valence-electron chi connectivity index (χ4n) is 3.07. The fourth-order valence-corrected chi connectivity index (χ4v) is 3.07. The molecule has 120 valence electrons. The van der Waals surface area contributed by atoms with Crippen LogP contribution in [0.3, 0.4) is 0 Å². The van der Waals surface area contributed by atoms with Crippen LogP contribution in [-0.4, -0.2) is 56.4 Å². The third-order valence-electron chi connectivity index (χ3n) is 4.14. The van der Waals surface area contributed by atoms with E-state index in [1.165, 1.54) is 12.1 Å². The second kappa shape index (κ2) is 5.13. The van der Waals surface area contributed by atoms with Crippen molar-refractivity contribution in [2.45, 2.75) is 25.6 Å². The third kappa shape index (κ3) is 2.00.